The standard InChI is InChI=1S/C13H11N3O/c14-8-12-11-6-7-17-9-13(11)16(15-12)10-4-2-1-3-5-10/h1-5H,6-7,9H2. The predicted octanol–water partition coefficient (Wildman–Crippen LogP) is 1.82. The van der Waals surface area contributed by atoms with Crippen molar-refractivity contribution in [3.05, 3.63) is 47.3 Å². The highest BCUT2D eigenvalue weighted by molar-refractivity contribution is 5.42. The number of hydrogen-bond donors (Lipinski definition) is 0. The second-order valence-electron chi connectivity index (χ2n) is 3.94. The minimum Gasteiger partial charge on any atom is -0.375 e. The molecule has 3 rings (SSSR count). The number of fused-ring (bicyclic) bond motifs is 1. The van der Waals surface area contributed by atoms with Crippen LogP contribution in [0.2, 0.25) is 0 Å². The van der Waals surface area contributed by atoms with E-state index in [0.717, 1.165) is 23.4 Å². The lowest BCUT2D eigenvalue weighted by Gasteiger charge is -2.14. The normalized spacial score (nSPS) is 14.1. The molecular formula is C13H11N3O. The third-order valence-electron chi connectivity index (χ3n) is 2.93. The number of para-hydroxylation sites is 1. The van der Waals surface area contributed by atoms with Crippen LogP contribution in [0.5, 0.6) is 0 Å². The summed E-state index contributed by atoms with van der Waals surface area (Å²) < 4.78 is 7.26. The van der Waals surface area contributed by atoms with E-state index in [2.05, 4.69) is 11.2 Å². The van der Waals surface area contributed by atoms with Crippen LogP contribution < -0.4 is 0 Å². The quantitative estimate of drug-likeness (QED) is 0.743. The van der Waals surface area contributed by atoms with Crippen LogP contribution in [0, 0.1) is 11.3 Å². The smallest absolute Gasteiger partial charge is 0.166 e. The molecule has 0 saturated carbocycles. The molecule has 0 spiro atoms. The predicted molar refractivity (Wildman–Crippen MR) is 61.6 cm³/mol. The van der Waals surface area contributed by atoms with Crippen molar-refractivity contribution >= 4 is 0 Å². The largest absolute Gasteiger partial charge is 0.375 e. The van der Waals surface area contributed by atoms with E-state index in [4.69, 9.17) is 10.00 Å². The number of hydrogen-bond acceptors (Lipinski definition) is 3. The number of nitriles is 1. The molecule has 0 aliphatic carbocycles. The molecule has 2 aromatic rings. The van der Waals surface area contributed by atoms with Crippen molar-refractivity contribution in [2.45, 2.75) is 13.0 Å². The number of nitrogens with zero attached hydrogens (tertiary/aromatic N) is 3. The van der Waals surface area contributed by atoms with Crippen molar-refractivity contribution in [1.29, 1.82) is 5.26 Å². The lowest BCUT2D eigenvalue weighted by atomic mass is 10.1. The molecule has 2 heterocycles. The monoisotopic (exact) mass is 225 g/mol. The molecule has 0 fully saturated rings. The van der Waals surface area contributed by atoms with E-state index in [9.17, 15) is 0 Å². The van der Waals surface area contributed by atoms with Gasteiger partial charge in [-0.1, -0.05) is 18.2 Å². The Kier molecular flexibility index (Phi) is 2.39. The van der Waals surface area contributed by atoms with Gasteiger partial charge in [0.1, 0.15) is 6.07 Å². The lowest BCUT2D eigenvalue weighted by Crippen LogP contribution is -2.12. The Morgan fingerprint density at radius 2 is 2.12 bits per heavy atom. The maximum atomic E-state index is 9.09. The number of rotatable bonds is 1. The van der Waals surface area contributed by atoms with E-state index in [1.54, 1.807) is 0 Å². The zero-order valence-electron chi connectivity index (χ0n) is 9.26. The van der Waals surface area contributed by atoms with E-state index in [1.165, 1.54) is 0 Å². The molecule has 1 aromatic carbocycles. The Morgan fingerprint density at radius 1 is 1.29 bits per heavy atom. The molecular weight excluding hydrogens is 214 g/mol. The van der Waals surface area contributed by atoms with Gasteiger partial charge in [-0.25, -0.2) is 4.68 Å². The molecule has 4 heteroatoms. The van der Waals surface area contributed by atoms with Crippen LogP contribution in [-0.2, 0) is 17.8 Å². The highest BCUT2D eigenvalue weighted by Crippen LogP contribution is 2.23. The van der Waals surface area contributed by atoms with Gasteiger partial charge in [-0.15, -0.1) is 0 Å². The van der Waals surface area contributed by atoms with E-state index in [1.807, 2.05) is 35.0 Å². The fraction of sp³-hybridized carbons (Fsp3) is 0.231. The molecule has 0 N–H and O–H groups in total. The van der Waals surface area contributed by atoms with Crippen LogP contribution in [-0.4, -0.2) is 16.4 Å². The first kappa shape index (κ1) is 10.1. The van der Waals surface area contributed by atoms with Gasteiger partial charge in [-0.3, -0.25) is 0 Å². The summed E-state index contributed by atoms with van der Waals surface area (Å²) in [6.07, 6.45) is 0.769. The van der Waals surface area contributed by atoms with Crippen molar-refractivity contribution in [2.24, 2.45) is 0 Å². The first-order valence-corrected chi connectivity index (χ1v) is 5.54. The Balaban J connectivity index is 2.18. The van der Waals surface area contributed by atoms with Gasteiger partial charge in [-0.2, -0.15) is 10.4 Å². The van der Waals surface area contributed by atoms with Crippen molar-refractivity contribution in [3.8, 4) is 11.8 Å². The van der Waals surface area contributed by atoms with Gasteiger partial charge in [-0.05, 0) is 12.1 Å². The van der Waals surface area contributed by atoms with Gasteiger partial charge in [0.2, 0.25) is 0 Å². The van der Waals surface area contributed by atoms with Gasteiger partial charge < -0.3 is 4.74 Å². The van der Waals surface area contributed by atoms with E-state index >= 15 is 0 Å². The SMILES string of the molecule is N#Cc1nn(-c2ccccc2)c2c1CCOC2. The Labute approximate surface area is 99.1 Å². The van der Waals surface area contributed by atoms with Crippen LogP contribution in [0.4, 0.5) is 0 Å². The van der Waals surface area contributed by atoms with Gasteiger partial charge in [0.15, 0.2) is 5.69 Å². The minimum atomic E-state index is 0.521. The van der Waals surface area contributed by atoms with Gasteiger partial charge >= 0.3 is 0 Å². The maximum Gasteiger partial charge on any atom is 0.166 e. The maximum absolute atomic E-state index is 9.09. The summed E-state index contributed by atoms with van der Waals surface area (Å²) in [5, 5.41) is 13.4. The van der Waals surface area contributed by atoms with Crippen LogP contribution in [0.3, 0.4) is 0 Å². The number of aromatic nitrogens is 2. The molecule has 0 saturated heterocycles. The topological polar surface area (TPSA) is 50.8 Å². The highest BCUT2D eigenvalue weighted by atomic mass is 16.5. The fourth-order valence-corrected chi connectivity index (χ4v) is 2.11. The zero-order valence-corrected chi connectivity index (χ0v) is 9.26. The Morgan fingerprint density at radius 3 is 2.88 bits per heavy atom. The summed E-state index contributed by atoms with van der Waals surface area (Å²) in [5.74, 6) is 0. The molecule has 0 radical (unpaired) electrons. The third kappa shape index (κ3) is 1.61. The summed E-state index contributed by atoms with van der Waals surface area (Å²) in [4.78, 5) is 0. The molecule has 1 aliphatic heterocycles. The van der Waals surface area contributed by atoms with Crippen LogP contribution in [0.1, 0.15) is 17.0 Å². The lowest BCUT2D eigenvalue weighted by molar-refractivity contribution is 0.106. The Bertz CT molecular complexity index is 581. The van der Waals surface area contributed by atoms with Crippen molar-refractivity contribution in [1.82, 2.24) is 9.78 Å². The second-order valence-corrected chi connectivity index (χ2v) is 3.94. The highest BCUT2D eigenvalue weighted by Gasteiger charge is 2.21. The first-order chi connectivity index (χ1) is 8.40. The summed E-state index contributed by atoms with van der Waals surface area (Å²) >= 11 is 0. The average molecular weight is 225 g/mol. The van der Waals surface area contributed by atoms with Crippen molar-refractivity contribution in [3.63, 3.8) is 0 Å². The van der Waals surface area contributed by atoms with Gasteiger partial charge in [0.25, 0.3) is 0 Å². The van der Waals surface area contributed by atoms with Crippen molar-refractivity contribution < 1.29 is 4.74 Å². The molecule has 0 unspecified atom stereocenters. The van der Waals surface area contributed by atoms with Gasteiger partial charge in [0.05, 0.1) is 24.6 Å². The molecule has 0 atom stereocenters. The minimum absolute atomic E-state index is 0.521. The van der Waals surface area contributed by atoms with Crippen LogP contribution >= 0.6 is 0 Å². The zero-order chi connectivity index (χ0) is 11.7. The molecule has 17 heavy (non-hydrogen) atoms. The Hall–Kier alpha value is -2.12. The molecule has 84 valence electrons. The third-order valence-corrected chi connectivity index (χ3v) is 2.93. The molecule has 1 aliphatic rings. The first-order valence-electron chi connectivity index (χ1n) is 5.54. The van der Waals surface area contributed by atoms with Crippen molar-refractivity contribution in [2.75, 3.05) is 6.61 Å². The van der Waals surface area contributed by atoms with E-state index in [0.29, 0.717) is 18.9 Å². The van der Waals surface area contributed by atoms with Gasteiger partial charge in [0, 0.05) is 12.0 Å². The van der Waals surface area contributed by atoms with E-state index in [-0.39, 0.29) is 0 Å². The number of ether oxygens (including phenoxy) is 1. The average Bonchev–Trinajstić information content (AvgIpc) is 2.78. The second kappa shape index (κ2) is 4.04. The molecule has 4 nitrogen and oxygen atoms in total. The summed E-state index contributed by atoms with van der Waals surface area (Å²) in [6.45, 7) is 1.20. The van der Waals surface area contributed by atoms with Crippen LogP contribution in [0.25, 0.3) is 5.69 Å². The summed E-state index contributed by atoms with van der Waals surface area (Å²) in [6, 6.07) is 12.0. The summed E-state index contributed by atoms with van der Waals surface area (Å²) in [5.41, 5.74) is 3.52. The number of benzene rings is 1. The fourth-order valence-electron chi connectivity index (χ4n) is 2.11. The molecule has 1 aromatic heterocycles. The van der Waals surface area contributed by atoms with Crippen LogP contribution in [0.15, 0.2) is 30.3 Å². The molecule has 0 amide bonds. The summed E-state index contributed by atoms with van der Waals surface area (Å²) in [7, 11) is 0. The molecule has 0 bridgehead atoms. The van der Waals surface area contributed by atoms with E-state index < -0.39 is 0 Å².